The number of aliphatic hydroxyl groups is 1. The molecule has 0 unspecified atom stereocenters. The van der Waals surface area contributed by atoms with Gasteiger partial charge in [-0.2, -0.15) is 0 Å². The minimum Gasteiger partial charge on any atom is -0.388 e. The summed E-state index contributed by atoms with van der Waals surface area (Å²) in [7, 11) is 0. The van der Waals surface area contributed by atoms with Crippen LogP contribution in [0, 0.1) is 0 Å². The van der Waals surface area contributed by atoms with Gasteiger partial charge < -0.3 is 9.84 Å². The zero-order chi connectivity index (χ0) is 14.5. The lowest BCUT2D eigenvalue weighted by atomic mass is 10.00. The van der Waals surface area contributed by atoms with Crippen molar-refractivity contribution in [3.63, 3.8) is 0 Å². The van der Waals surface area contributed by atoms with Gasteiger partial charge in [-0.15, -0.1) is 0 Å². The van der Waals surface area contributed by atoms with Crippen LogP contribution >= 0.6 is 0 Å². The largest absolute Gasteiger partial charge is 0.388 e. The van der Waals surface area contributed by atoms with Crippen molar-refractivity contribution in [1.29, 1.82) is 0 Å². The summed E-state index contributed by atoms with van der Waals surface area (Å²) in [6.45, 7) is 3.13. The van der Waals surface area contributed by atoms with Gasteiger partial charge in [0.25, 0.3) is 0 Å². The molecule has 3 nitrogen and oxygen atoms in total. The molecule has 1 aromatic carbocycles. The zero-order valence-electron chi connectivity index (χ0n) is 12.8. The van der Waals surface area contributed by atoms with Crippen molar-refractivity contribution in [2.75, 3.05) is 19.7 Å². The molecule has 3 atom stereocenters. The Morgan fingerprint density at radius 3 is 2.76 bits per heavy atom. The van der Waals surface area contributed by atoms with Crippen LogP contribution < -0.4 is 0 Å². The number of benzene rings is 1. The summed E-state index contributed by atoms with van der Waals surface area (Å²) in [5.74, 6) is 0. The van der Waals surface area contributed by atoms with E-state index in [0.717, 1.165) is 31.7 Å². The molecule has 0 bridgehead atoms. The topological polar surface area (TPSA) is 32.7 Å². The first kappa shape index (κ1) is 15.0. The van der Waals surface area contributed by atoms with E-state index in [4.69, 9.17) is 4.74 Å². The molecule has 1 N–H and O–H groups in total. The lowest BCUT2D eigenvalue weighted by Gasteiger charge is -2.32. The molecule has 0 aliphatic carbocycles. The molecule has 21 heavy (non-hydrogen) atoms. The predicted molar refractivity (Wildman–Crippen MR) is 84.2 cm³/mol. The summed E-state index contributed by atoms with van der Waals surface area (Å²) in [6, 6.07) is 10.5. The summed E-state index contributed by atoms with van der Waals surface area (Å²) in [4.78, 5) is 2.54. The molecule has 2 aliphatic heterocycles. The Hall–Kier alpha value is -0.900. The van der Waals surface area contributed by atoms with E-state index in [-0.39, 0.29) is 6.10 Å². The van der Waals surface area contributed by atoms with Crippen LogP contribution in [0.25, 0.3) is 0 Å². The maximum Gasteiger partial charge on any atom is 0.0805 e. The van der Waals surface area contributed by atoms with Crippen LogP contribution in [-0.4, -0.2) is 41.8 Å². The second-order valence-corrected chi connectivity index (χ2v) is 6.44. The Morgan fingerprint density at radius 2 is 2.00 bits per heavy atom. The van der Waals surface area contributed by atoms with Gasteiger partial charge in [0.1, 0.15) is 0 Å². The van der Waals surface area contributed by atoms with Crippen molar-refractivity contribution in [2.24, 2.45) is 0 Å². The molecule has 0 aromatic heterocycles. The van der Waals surface area contributed by atoms with E-state index in [1.54, 1.807) is 0 Å². The van der Waals surface area contributed by atoms with Gasteiger partial charge in [-0.1, -0.05) is 30.3 Å². The van der Waals surface area contributed by atoms with Crippen LogP contribution in [0.3, 0.4) is 0 Å². The number of aliphatic hydroxyl groups excluding tert-OH is 1. The van der Waals surface area contributed by atoms with Gasteiger partial charge in [0.2, 0.25) is 0 Å². The number of hydrogen-bond donors (Lipinski definition) is 1. The molecule has 3 heteroatoms. The number of hydrogen-bond acceptors (Lipinski definition) is 3. The fraction of sp³-hybridized carbons (Fsp3) is 0.667. The minimum absolute atomic E-state index is 0.343. The van der Waals surface area contributed by atoms with Gasteiger partial charge in [0, 0.05) is 19.2 Å². The summed E-state index contributed by atoms with van der Waals surface area (Å²) >= 11 is 0. The van der Waals surface area contributed by atoms with E-state index < -0.39 is 0 Å². The number of ether oxygens (including phenoxy) is 1. The molecule has 0 radical (unpaired) electrons. The van der Waals surface area contributed by atoms with Crippen molar-refractivity contribution in [3.8, 4) is 0 Å². The monoisotopic (exact) mass is 289 g/mol. The second kappa shape index (κ2) is 7.39. The maximum absolute atomic E-state index is 10.4. The normalized spacial score (nSPS) is 28.6. The van der Waals surface area contributed by atoms with Crippen LogP contribution in [0.4, 0.5) is 0 Å². The quantitative estimate of drug-likeness (QED) is 0.904. The van der Waals surface area contributed by atoms with E-state index >= 15 is 0 Å². The van der Waals surface area contributed by atoms with Gasteiger partial charge in [-0.3, -0.25) is 4.90 Å². The van der Waals surface area contributed by atoms with Crippen LogP contribution in [0.15, 0.2) is 30.3 Å². The third-order valence-electron chi connectivity index (χ3n) is 4.89. The number of rotatable bonds is 5. The minimum atomic E-state index is -0.343. The fourth-order valence-electron chi connectivity index (χ4n) is 3.68. The van der Waals surface area contributed by atoms with Gasteiger partial charge >= 0.3 is 0 Å². The molecular weight excluding hydrogens is 262 g/mol. The lowest BCUT2D eigenvalue weighted by molar-refractivity contribution is -0.0115. The van der Waals surface area contributed by atoms with Crippen molar-refractivity contribution in [3.05, 3.63) is 35.9 Å². The molecule has 1 aromatic rings. The van der Waals surface area contributed by atoms with E-state index in [1.165, 1.54) is 32.1 Å². The van der Waals surface area contributed by atoms with Crippen LogP contribution in [0.1, 0.15) is 50.2 Å². The molecule has 0 spiro atoms. The second-order valence-electron chi connectivity index (χ2n) is 6.44. The highest BCUT2D eigenvalue weighted by Crippen LogP contribution is 2.28. The van der Waals surface area contributed by atoms with E-state index in [0.29, 0.717) is 12.1 Å². The Kier molecular flexibility index (Phi) is 5.28. The third kappa shape index (κ3) is 4.06. The molecule has 2 fully saturated rings. The van der Waals surface area contributed by atoms with Crippen molar-refractivity contribution < 1.29 is 9.84 Å². The molecule has 116 valence electrons. The number of likely N-dealkylation sites (tertiary alicyclic amines) is 1. The molecule has 2 aliphatic rings. The molecule has 2 heterocycles. The van der Waals surface area contributed by atoms with Crippen molar-refractivity contribution in [2.45, 2.75) is 56.8 Å². The summed E-state index contributed by atoms with van der Waals surface area (Å²) < 4.78 is 5.87. The highest BCUT2D eigenvalue weighted by atomic mass is 16.5. The molecule has 0 saturated carbocycles. The van der Waals surface area contributed by atoms with Gasteiger partial charge in [0.15, 0.2) is 0 Å². The summed E-state index contributed by atoms with van der Waals surface area (Å²) in [6.07, 6.45) is 7.08. The molecule has 0 amide bonds. The van der Waals surface area contributed by atoms with Crippen LogP contribution in [0.2, 0.25) is 0 Å². The van der Waals surface area contributed by atoms with E-state index in [1.807, 2.05) is 30.3 Å². The van der Waals surface area contributed by atoms with E-state index in [2.05, 4.69) is 4.90 Å². The predicted octanol–water partition coefficient (Wildman–Crippen LogP) is 3.14. The molecule has 2 saturated heterocycles. The SMILES string of the molecule is O[C@H](C[C@@H]1CCCN1C[C@H]1CCCCO1)c1ccccc1. The first-order valence-corrected chi connectivity index (χ1v) is 8.41. The average molecular weight is 289 g/mol. The van der Waals surface area contributed by atoms with Crippen molar-refractivity contribution >= 4 is 0 Å². The Morgan fingerprint density at radius 1 is 1.14 bits per heavy atom. The van der Waals surface area contributed by atoms with Crippen LogP contribution in [0.5, 0.6) is 0 Å². The van der Waals surface area contributed by atoms with Crippen LogP contribution in [-0.2, 0) is 4.74 Å². The van der Waals surface area contributed by atoms with Crippen molar-refractivity contribution in [1.82, 2.24) is 4.90 Å². The van der Waals surface area contributed by atoms with Gasteiger partial charge in [-0.05, 0) is 50.6 Å². The lowest BCUT2D eigenvalue weighted by Crippen LogP contribution is -2.39. The Labute approximate surface area is 127 Å². The number of nitrogens with zero attached hydrogens (tertiary/aromatic N) is 1. The Bertz CT molecular complexity index is 416. The summed E-state index contributed by atoms with van der Waals surface area (Å²) in [5, 5.41) is 10.4. The van der Waals surface area contributed by atoms with Gasteiger partial charge in [0.05, 0.1) is 12.2 Å². The highest BCUT2D eigenvalue weighted by molar-refractivity contribution is 5.17. The van der Waals surface area contributed by atoms with Gasteiger partial charge in [-0.25, -0.2) is 0 Å². The third-order valence-corrected chi connectivity index (χ3v) is 4.89. The average Bonchev–Trinajstić information content (AvgIpc) is 2.96. The maximum atomic E-state index is 10.4. The standard InChI is InChI=1S/C18H27NO2/c20-18(15-7-2-1-3-8-15)13-16-9-6-11-19(16)14-17-10-4-5-12-21-17/h1-3,7-8,16-18,20H,4-6,9-14H2/t16-,17+,18+/m0/s1. The molecule has 3 rings (SSSR count). The fourth-order valence-corrected chi connectivity index (χ4v) is 3.68. The summed E-state index contributed by atoms with van der Waals surface area (Å²) in [5.41, 5.74) is 1.04. The Balaban J connectivity index is 1.54. The smallest absolute Gasteiger partial charge is 0.0805 e. The molecular formula is C18H27NO2. The highest BCUT2D eigenvalue weighted by Gasteiger charge is 2.29. The zero-order valence-corrected chi connectivity index (χ0v) is 12.8. The first-order chi connectivity index (χ1) is 10.3. The van der Waals surface area contributed by atoms with E-state index in [9.17, 15) is 5.11 Å². The first-order valence-electron chi connectivity index (χ1n) is 8.41.